The smallest absolute Gasteiger partial charge is 0.191 e. The minimum Gasteiger partial charge on any atom is -0.379 e. The maximum absolute atomic E-state index is 13.5. The van der Waals surface area contributed by atoms with E-state index < -0.39 is 0 Å². The summed E-state index contributed by atoms with van der Waals surface area (Å²) < 4.78 is 24.4. The Bertz CT molecular complexity index is 501. The molecule has 0 aromatic heterocycles. The fourth-order valence-electron chi connectivity index (χ4n) is 1.96. The van der Waals surface area contributed by atoms with Crippen molar-refractivity contribution >= 4 is 29.9 Å². The van der Waals surface area contributed by atoms with E-state index in [1.165, 1.54) is 6.07 Å². The Morgan fingerprint density at radius 2 is 1.84 bits per heavy atom. The number of aliphatic imine (C=N–C) groups is 1. The number of aryl methyl sites for hydroxylation is 1. The van der Waals surface area contributed by atoms with Crippen LogP contribution in [0.1, 0.15) is 30.9 Å². The number of ether oxygens (including phenoxy) is 2. The largest absolute Gasteiger partial charge is 0.379 e. The van der Waals surface area contributed by atoms with Gasteiger partial charge in [-0.05, 0) is 30.5 Å². The van der Waals surface area contributed by atoms with Crippen LogP contribution >= 0.6 is 24.0 Å². The molecular formula is C18H31FIN3O2. The van der Waals surface area contributed by atoms with Gasteiger partial charge in [0.05, 0.1) is 19.8 Å². The Morgan fingerprint density at radius 1 is 1.12 bits per heavy atom. The van der Waals surface area contributed by atoms with Crippen LogP contribution in [0, 0.1) is 12.7 Å². The second-order valence-corrected chi connectivity index (χ2v) is 5.51. The first kappa shape index (κ1) is 24.1. The molecule has 25 heavy (non-hydrogen) atoms. The molecule has 0 atom stereocenters. The van der Waals surface area contributed by atoms with E-state index in [4.69, 9.17) is 9.47 Å². The highest BCUT2D eigenvalue weighted by atomic mass is 127. The Kier molecular flexibility index (Phi) is 14.8. The maximum Gasteiger partial charge on any atom is 0.191 e. The molecule has 2 N–H and O–H groups in total. The van der Waals surface area contributed by atoms with Gasteiger partial charge < -0.3 is 20.1 Å². The summed E-state index contributed by atoms with van der Waals surface area (Å²) in [5.41, 5.74) is 1.53. The van der Waals surface area contributed by atoms with Gasteiger partial charge in [-0.3, -0.25) is 4.99 Å². The molecular weight excluding hydrogens is 436 g/mol. The zero-order chi connectivity index (χ0) is 17.6. The second-order valence-electron chi connectivity index (χ2n) is 5.51. The summed E-state index contributed by atoms with van der Waals surface area (Å²) in [5.74, 6) is 0.477. The number of nitrogens with one attached hydrogen (secondary N) is 2. The van der Waals surface area contributed by atoms with E-state index in [1.807, 2.05) is 6.07 Å². The fourth-order valence-corrected chi connectivity index (χ4v) is 1.96. The van der Waals surface area contributed by atoms with Crippen molar-refractivity contribution in [2.24, 2.45) is 4.99 Å². The van der Waals surface area contributed by atoms with E-state index in [1.54, 1.807) is 20.0 Å². The lowest BCUT2D eigenvalue weighted by molar-refractivity contribution is 0.0487. The highest BCUT2D eigenvalue weighted by molar-refractivity contribution is 14.0. The van der Waals surface area contributed by atoms with Gasteiger partial charge >= 0.3 is 0 Å². The Morgan fingerprint density at radius 3 is 2.48 bits per heavy atom. The van der Waals surface area contributed by atoms with E-state index in [0.717, 1.165) is 25.0 Å². The lowest BCUT2D eigenvalue weighted by atomic mass is 10.1. The summed E-state index contributed by atoms with van der Waals surface area (Å²) in [4.78, 5) is 4.13. The Balaban J connectivity index is 0.00000576. The molecule has 0 radical (unpaired) electrons. The number of hydrogen-bond donors (Lipinski definition) is 2. The van der Waals surface area contributed by atoms with Crippen LogP contribution in [-0.2, 0) is 16.0 Å². The van der Waals surface area contributed by atoms with Crippen LogP contribution in [-0.4, -0.2) is 46.0 Å². The molecule has 1 aromatic carbocycles. The maximum atomic E-state index is 13.5. The number of benzene rings is 1. The zero-order valence-corrected chi connectivity index (χ0v) is 17.8. The van der Waals surface area contributed by atoms with Gasteiger partial charge in [0, 0.05) is 26.7 Å². The van der Waals surface area contributed by atoms with Crippen molar-refractivity contribution < 1.29 is 13.9 Å². The highest BCUT2D eigenvalue weighted by Crippen LogP contribution is 2.08. The molecule has 1 aromatic rings. The van der Waals surface area contributed by atoms with Crippen molar-refractivity contribution in [2.75, 3.05) is 40.0 Å². The molecule has 0 saturated heterocycles. The zero-order valence-electron chi connectivity index (χ0n) is 15.4. The molecule has 0 aliphatic carbocycles. The standard InChI is InChI=1S/C18H30FN3O2.HI/c1-4-5-9-23-11-12-24-10-8-21-18(20-3)22-14-16-7-6-15(2)17(19)13-16;/h6-7,13H,4-5,8-12,14H2,1-3H3,(H2,20,21,22);1H. The van der Waals surface area contributed by atoms with Crippen molar-refractivity contribution in [2.45, 2.75) is 33.2 Å². The fraction of sp³-hybridized carbons (Fsp3) is 0.611. The predicted molar refractivity (Wildman–Crippen MR) is 111 cm³/mol. The van der Waals surface area contributed by atoms with E-state index >= 15 is 0 Å². The number of nitrogens with zero attached hydrogens (tertiary/aromatic N) is 1. The van der Waals surface area contributed by atoms with Crippen LogP contribution in [0.4, 0.5) is 4.39 Å². The number of unbranched alkanes of at least 4 members (excludes halogenated alkanes) is 1. The molecule has 0 heterocycles. The average Bonchev–Trinajstić information content (AvgIpc) is 2.59. The van der Waals surface area contributed by atoms with Gasteiger partial charge in [-0.1, -0.05) is 25.5 Å². The van der Waals surface area contributed by atoms with E-state index in [9.17, 15) is 4.39 Å². The first-order valence-corrected chi connectivity index (χ1v) is 8.52. The van der Waals surface area contributed by atoms with Crippen molar-refractivity contribution in [3.05, 3.63) is 35.1 Å². The molecule has 0 aliphatic heterocycles. The monoisotopic (exact) mass is 467 g/mol. The first-order chi connectivity index (χ1) is 11.7. The van der Waals surface area contributed by atoms with Crippen LogP contribution in [0.3, 0.4) is 0 Å². The number of rotatable bonds is 11. The van der Waals surface area contributed by atoms with Crippen molar-refractivity contribution in [1.82, 2.24) is 10.6 Å². The Hall–Kier alpha value is -0.930. The van der Waals surface area contributed by atoms with Gasteiger partial charge in [0.2, 0.25) is 0 Å². The molecule has 0 aliphatic rings. The van der Waals surface area contributed by atoms with Gasteiger partial charge in [0.15, 0.2) is 5.96 Å². The van der Waals surface area contributed by atoms with Gasteiger partial charge in [0.25, 0.3) is 0 Å². The van der Waals surface area contributed by atoms with Crippen molar-refractivity contribution in [3.8, 4) is 0 Å². The van der Waals surface area contributed by atoms with Crippen LogP contribution in [0.5, 0.6) is 0 Å². The molecule has 0 amide bonds. The van der Waals surface area contributed by atoms with E-state index in [0.29, 0.717) is 44.4 Å². The van der Waals surface area contributed by atoms with Crippen molar-refractivity contribution in [1.29, 1.82) is 0 Å². The SMILES string of the molecule is CCCCOCCOCCNC(=NC)NCc1ccc(C)c(F)c1.I. The predicted octanol–water partition coefficient (Wildman–Crippen LogP) is 3.25. The molecule has 0 fully saturated rings. The third-order valence-electron chi connectivity index (χ3n) is 3.47. The van der Waals surface area contributed by atoms with Gasteiger partial charge in [-0.25, -0.2) is 4.39 Å². The lowest BCUT2D eigenvalue weighted by Crippen LogP contribution is -2.38. The molecule has 0 spiro atoms. The average molecular weight is 467 g/mol. The second kappa shape index (κ2) is 15.3. The van der Waals surface area contributed by atoms with Gasteiger partial charge in [-0.2, -0.15) is 0 Å². The molecule has 7 heteroatoms. The molecule has 0 saturated carbocycles. The van der Waals surface area contributed by atoms with E-state index in [-0.39, 0.29) is 29.8 Å². The lowest BCUT2D eigenvalue weighted by Gasteiger charge is -2.12. The number of halogens is 2. The number of hydrogen-bond acceptors (Lipinski definition) is 3. The van der Waals surface area contributed by atoms with Gasteiger partial charge in [-0.15, -0.1) is 24.0 Å². The minimum absolute atomic E-state index is 0. The quantitative estimate of drug-likeness (QED) is 0.227. The minimum atomic E-state index is -0.188. The normalized spacial score (nSPS) is 11.1. The first-order valence-electron chi connectivity index (χ1n) is 8.52. The van der Waals surface area contributed by atoms with Crippen molar-refractivity contribution in [3.63, 3.8) is 0 Å². The molecule has 144 valence electrons. The van der Waals surface area contributed by atoms with E-state index in [2.05, 4.69) is 22.5 Å². The summed E-state index contributed by atoms with van der Waals surface area (Å²) in [7, 11) is 1.70. The van der Waals surface area contributed by atoms with Crippen LogP contribution in [0.15, 0.2) is 23.2 Å². The molecule has 1 rings (SSSR count). The van der Waals surface area contributed by atoms with Crippen LogP contribution in [0.25, 0.3) is 0 Å². The van der Waals surface area contributed by atoms with Gasteiger partial charge in [0.1, 0.15) is 5.82 Å². The van der Waals surface area contributed by atoms with Crippen LogP contribution in [0.2, 0.25) is 0 Å². The summed E-state index contributed by atoms with van der Waals surface area (Å²) in [5, 5.41) is 6.31. The topological polar surface area (TPSA) is 54.9 Å². The summed E-state index contributed by atoms with van der Waals surface area (Å²) in [6.45, 7) is 7.67. The molecule has 5 nitrogen and oxygen atoms in total. The summed E-state index contributed by atoms with van der Waals surface area (Å²) in [6, 6.07) is 5.22. The number of guanidine groups is 1. The van der Waals surface area contributed by atoms with Crippen LogP contribution < -0.4 is 10.6 Å². The summed E-state index contributed by atoms with van der Waals surface area (Å²) in [6.07, 6.45) is 2.24. The highest BCUT2D eigenvalue weighted by Gasteiger charge is 2.01. The molecule has 0 unspecified atom stereocenters. The summed E-state index contributed by atoms with van der Waals surface area (Å²) >= 11 is 0. The Labute approximate surface area is 167 Å². The third kappa shape index (κ3) is 11.3. The molecule has 0 bridgehead atoms. The third-order valence-corrected chi connectivity index (χ3v) is 3.47.